The molecule has 0 radical (unpaired) electrons. The molecule has 1 aromatic carbocycles. The zero-order valence-corrected chi connectivity index (χ0v) is 13.6. The van der Waals surface area contributed by atoms with Crippen LogP contribution in [0.1, 0.15) is 12.0 Å². The van der Waals surface area contributed by atoms with Crippen molar-refractivity contribution in [2.75, 3.05) is 50.5 Å². The maximum absolute atomic E-state index is 12.2. The Morgan fingerprint density at radius 2 is 1.82 bits per heavy atom. The normalized spacial score (nSPS) is 16.5. The van der Waals surface area contributed by atoms with Crippen molar-refractivity contribution in [2.24, 2.45) is 0 Å². The maximum atomic E-state index is 12.2. The maximum Gasteiger partial charge on any atom is 0.214 e. The Kier molecular flexibility index (Phi) is 5.77. The minimum absolute atomic E-state index is 0.137. The molecule has 6 nitrogen and oxygen atoms in total. The highest BCUT2D eigenvalue weighted by Gasteiger charge is 2.26. The number of hydrogen-bond donors (Lipinski definition) is 0. The van der Waals surface area contributed by atoms with E-state index >= 15 is 0 Å². The van der Waals surface area contributed by atoms with E-state index in [4.69, 9.17) is 10.00 Å². The number of nitriles is 1. The molecule has 1 fully saturated rings. The Balaban J connectivity index is 1.90. The number of nitrogens with zero attached hydrogens (tertiary/aromatic N) is 3. The largest absolute Gasteiger partial charge is 0.385 e. The predicted molar refractivity (Wildman–Crippen MR) is 85.2 cm³/mol. The van der Waals surface area contributed by atoms with Crippen LogP contribution in [0.2, 0.25) is 0 Å². The summed E-state index contributed by atoms with van der Waals surface area (Å²) < 4.78 is 30.9. The topological polar surface area (TPSA) is 73.6 Å². The van der Waals surface area contributed by atoms with Crippen LogP contribution in [0.15, 0.2) is 24.3 Å². The zero-order chi connectivity index (χ0) is 16.0. The van der Waals surface area contributed by atoms with Gasteiger partial charge in [-0.25, -0.2) is 8.42 Å². The minimum Gasteiger partial charge on any atom is -0.385 e. The van der Waals surface area contributed by atoms with Crippen molar-refractivity contribution >= 4 is 15.7 Å². The summed E-state index contributed by atoms with van der Waals surface area (Å²) in [6.45, 7) is 2.78. The summed E-state index contributed by atoms with van der Waals surface area (Å²) >= 11 is 0. The monoisotopic (exact) mass is 323 g/mol. The van der Waals surface area contributed by atoms with Crippen LogP contribution < -0.4 is 4.90 Å². The second kappa shape index (κ2) is 7.58. The molecule has 0 spiro atoms. The zero-order valence-electron chi connectivity index (χ0n) is 12.7. The molecule has 0 aromatic heterocycles. The van der Waals surface area contributed by atoms with E-state index in [1.807, 2.05) is 12.1 Å². The van der Waals surface area contributed by atoms with Crippen molar-refractivity contribution in [1.82, 2.24) is 4.31 Å². The van der Waals surface area contributed by atoms with Crippen LogP contribution in [0.4, 0.5) is 5.69 Å². The smallest absolute Gasteiger partial charge is 0.214 e. The molecule has 1 aliphatic rings. The Morgan fingerprint density at radius 3 is 2.36 bits per heavy atom. The second-order valence-electron chi connectivity index (χ2n) is 5.21. The molecule has 1 aromatic rings. The Bertz CT molecular complexity index is 614. The summed E-state index contributed by atoms with van der Waals surface area (Å²) in [6.07, 6.45) is 0.522. The number of ether oxygens (including phenoxy) is 1. The van der Waals surface area contributed by atoms with Crippen molar-refractivity contribution in [2.45, 2.75) is 6.42 Å². The molecule has 1 aliphatic heterocycles. The number of methoxy groups -OCH3 is 1. The Labute approximate surface area is 131 Å². The van der Waals surface area contributed by atoms with Crippen LogP contribution in [-0.4, -0.2) is 58.4 Å². The van der Waals surface area contributed by atoms with Crippen LogP contribution in [0.25, 0.3) is 0 Å². The summed E-state index contributed by atoms with van der Waals surface area (Å²) in [5.74, 6) is 0.137. The standard InChI is InChI=1S/C15H21N3O3S/c1-21-11-2-12-22(19,20)18-9-7-17(8-10-18)15-5-3-14(13-16)4-6-15/h3-6H,2,7-12H2,1H3. The highest BCUT2D eigenvalue weighted by atomic mass is 32.2. The van der Waals surface area contributed by atoms with Gasteiger partial charge in [-0.1, -0.05) is 0 Å². The van der Waals surface area contributed by atoms with E-state index in [9.17, 15) is 8.42 Å². The highest BCUT2D eigenvalue weighted by molar-refractivity contribution is 7.89. The van der Waals surface area contributed by atoms with Crippen LogP contribution in [0.3, 0.4) is 0 Å². The minimum atomic E-state index is -3.19. The average Bonchev–Trinajstić information content (AvgIpc) is 2.55. The lowest BCUT2D eigenvalue weighted by Gasteiger charge is -2.35. The van der Waals surface area contributed by atoms with Gasteiger partial charge >= 0.3 is 0 Å². The highest BCUT2D eigenvalue weighted by Crippen LogP contribution is 2.18. The predicted octanol–water partition coefficient (Wildman–Crippen LogP) is 1.05. The van der Waals surface area contributed by atoms with Gasteiger partial charge in [0.25, 0.3) is 0 Å². The van der Waals surface area contributed by atoms with Gasteiger partial charge in [-0.05, 0) is 30.7 Å². The fourth-order valence-corrected chi connectivity index (χ4v) is 3.95. The summed E-state index contributed by atoms with van der Waals surface area (Å²) in [5, 5.41) is 8.81. The van der Waals surface area contributed by atoms with E-state index in [2.05, 4.69) is 11.0 Å². The lowest BCUT2D eigenvalue weighted by atomic mass is 10.2. The number of piperazine rings is 1. The van der Waals surface area contributed by atoms with E-state index in [1.165, 1.54) is 0 Å². The summed E-state index contributed by atoms with van der Waals surface area (Å²) in [4.78, 5) is 2.14. The van der Waals surface area contributed by atoms with Gasteiger partial charge in [0.2, 0.25) is 10.0 Å². The molecular weight excluding hydrogens is 302 g/mol. The SMILES string of the molecule is COCCCS(=O)(=O)N1CCN(c2ccc(C#N)cc2)CC1. The quantitative estimate of drug-likeness (QED) is 0.732. The van der Waals surface area contributed by atoms with Crippen molar-refractivity contribution in [1.29, 1.82) is 5.26 Å². The van der Waals surface area contributed by atoms with E-state index in [0.29, 0.717) is 44.8 Å². The molecule has 1 saturated heterocycles. The molecule has 1 heterocycles. The third-order valence-electron chi connectivity index (χ3n) is 3.74. The molecule has 0 N–H and O–H groups in total. The van der Waals surface area contributed by atoms with Crippen molar-refractivity contribution < 1.29 is 13.2 Å². The molecule has 0 unspecified atom stereocenters. The van der Waals surface area contributed by atoms with Crippen LogP contribution in [-0.2, 0) is 14.8 Å². The number of anilines is 1. The first-order valence-corrected chi connectivity index (χ1v) is 8.89. The summed E-state index contributed by atoms with van der Waals surface area (Å²) in [6, 6.07) is 9.46. The fraction of sp³-hybridized carbons (Fsp3) is 0.533. The molecule has 0 aliphatic carbocycles. The molecule has 2 rings (SSSR count). The van der Waals surface area contributed by atoms with Gasteiger partial charge in [-0.3, -0.25) is 0 Å². The number of hydrogen-bond acceptors (Lipinski definition) is 5. The second-order valence-corrected chi connectivity index (χ2v) is 7.30. The van der Waals surface area contributed by atoms with Gasteiger partial charge in [0.15, 0.2) is 0 Å². The Hall–Kier alpha value is -1.62. The number of benzene rings is 1. The first kappa shape index (κ1) is 16.7. The van der Waals surface area contributed by atoms with Gasteiger partial charge in [-0.15, -0.1) is 0 Å². The van der Waals surface area contributed by atoms with Gasteiger partial charge in [-0.2, -0.15) is 9.57 Å². The van der Waals surface area contributed by atoms with E-state index < -0.39 is 10.0 Å². The number of sulfonamides is 1. The summed E-state index contributed by atoms with van der Waals surface area (Å²) in [7, 11) is -1.62. The van der Waals surface area contributed by atoms with Crippen LogP contribution in [0.5, 0.6) is 0 Å². The van der Waals surface area contributed by atoms with Gasteiger partial charge in [0, 0.05) is 45.6 Å². The third kappa shape index (κ3) is 4.19. The lowest BCUT2D eigenvalue weighted by Crippen LogP contribution is -2.49. The molecule has 0 amide bonds. The Morgan fingerprint density at radius 1 is 1.18 bits per heavy atom. The molecular formula is C15H21N3O3S. The van der Waals surface area contributed by atoms with Crippen molar-refractivity contribution in [3.8, 4) is 6.07 Å². The third-order valence-corrected chi connectivity index (χ3v) is 5.70. The first-order valence-electron chi connectivity index (χ1n) is 7.28. The molecule has 7 heteroatoms. The van der Waals surface area contributed by atoms with Crippen molar-refractivity contribution in [3.63, 3.8) is 0 Å². The van der Waals surface area contributed by atoms with Crippen LogP contribution >= 0.6 is 0 Å². The van der Waals surface area contributed by atoms with Crippen molar-refractivity contribution in [3.05, 3.63) is 29.8 Å². The summed E-state index contributed by atoms with van der Waals surface area (Å²) in [5.41, 5.74) is 1.65. The average molecular weight is 323 g/mol. The molecule has 0 atom stereocenters. The van der Waals surface area contributed by atoms with Crippen LogP contribution in [0, 0.1) is 11.3 Å². The molecule has 22 heavy (non-hydrogen) atoms. The molecule has 0 saturated carbocycles. The van der Waals surface area contributed by atoms with Gasteiger partial charge in [0.05, 0.1) is 17.4 Å². The molecule has 0 bridgehead atoms. The first-order chi connectivity index (χ1) is 10.6. The van der Waals surface area contributed by atoms with Gasteiger partial charge in [0.1, 0.15) is 0 Å². The number of rotatable bonds is 6. The van der Waals surface area contributed by atoms with E-state index in [-0.39, 0.29) is 5.75 Å². The van der Waals surface area contributed by atoms with E-state index in [1.54, 1.807) is 23.5 Å². The van der Waals surface area contributed by atoms with E-state index in [0.717, 1.165) is 5.69 Å². The van der Waals surface area contributed by atoms with Gasteiger partial charge < -0.3 is 9.64 Å². The fourth-order valence-electron chi connectivity index (χ4n) is 2.49. The molecule has 120 valence electrons. The lowest BCUT2D eigenvalue weighted by molar-refractivity contribution is 0.199.